The normalized spacial score (nSPS) is 17.9. The molecule has 0 bridgehead atoms. The van der Waals surface area contributed by atoms with E-state index in [1.807, 2.05) is 13.8 Å². The summed E-state index contributed by atoms with van der Waals surface area (Å²) in [6, 6.07) is -0.0397. The molecule has 0 aromatic heterocycles. The fourth-order valence-electron chi connectivity index (χ4n) is 3.11. The lowest BCUT2D eigenvalue weighted by Crippen LogP contribution is -2.53. The Balaban J connectivity index is 2.50. The third kappa shape index (κ3) is 5.39. The zero-order valence-corrected chi connectivity index (χ0v) is 13.5. The van der Waals surface area contributed by atoms with Gasteiger partial charge in [0.2, 0.25) is 5.91 Å². The van der Waals surface area contributed by atoms with E-state index in [-0.39, 0.29) is 28.8 Å². The minimum Gasteiger partial charge on any atom is -0.369 e. The second kappa shape index (κ2) is 6.02. The van der Waals surface area contributed by atoms with E-state index in [4.69, 9.17) is 5.73 Å². The van der Waals surface area contributed by atoms with Crippen molar-refractivity contribution in [3.63, 3.8) is 0 Å². The van der Waals surface area contributed by atoms with Crippen LogP contribution < -0.4 is 11.1 Å². The van der Waals surface area contributed by atoms with Crippen LogP contribution in [-0.2, 0) is 4.79 Å². The maximum absolute atomic E-state index is 12.3. The Morgan fingerprint density at radius 1 is 1.15 bits per heavy atom. The summed E-state index contributed by atoms with van der Waals surface area (Å²) in [5.41, 5.74) is 5.22. The van der Waals surface area contributed by atoms with Crippen molar-refractivity contribution in [2.24, 2.45) is 17.1 Å². The van der Waals surface area contributed by atoms with Crippen molar-refractivity contribution in [3.05, 3.63) is 0 Å². The van der Waals surface area contributed by atoms with E-state index in [1.165, 1.54) is 0 Å². The van der Waals surface area contributed by atoms with Crippen molar-refractivity contribution < 1.29 is 9.59 Å². The van der Waals surface area contributed by atoms with Crippen LogP contribution in [0.3, 0.4) is 0 Å². The Morgan fingerprint density at radius 2 is 1.65 bits per heavy atom. The van der Waals surface area contributed by atoms with Gasteiger partial charge in [-0.05, 0) is 38.5 Å². The third-order valence-corrected chi connectivity index (χ3v) is 3.60. The van der Waals surface area contributed by atoms with Crippen LogP contribution in [0.15, 0.2) is 0 Å². The average molecular weight is 283 g/mol. The Morgan fingerprint density at radius 3 is 2.05 bits per heavy atom. The number of piperidine rings is 1. The van der Waals surface area contributed by atoms with Crippen molar-refractivity contribution in [1.29, 1.82) is 0 Å². The predicted octanol–water partition coefficient (Wildman–Crippen LogP) is 2.11. The van der Waals surface area contributed by atoms with E-state index in [0.717, 1.165) is 6.42 Å². The maximum Gasteiger partial charge on any atom is 0.317 e. The van der Waals surface area contributed by atoms with Crippen molar-refractivity contribution in [1.82, 2.24) is 10.2 Å². The summed E-state index contributed by atoms with van der Waals surface area (Å²) in [7, 11) is 0. The first kappa shape index (κ1) is 16.8. The summed E-state index contributed by atoms with van der Waals surface area (Å²) in [5.74, 6) is -0.334. The van der Waals surface area contributed by atoms with E-state index in [0.29, 0.717) is 25.9 Å². The number of rotatable bonds is 3. The lowest BCUT2D eigenvalue weighted by molar-refractivity contribution is -0.123. The van der Waals surface area contributed by atoms with Gasteiger partial charge in [0.05, 0.1) is 0 Å². The standard InChI is InChI=1S/C15H29N3O2/c1-14(2,3)10-15(4,5)17-13(20)18-8-6-11(7-9-18)12(16)19/h11H,6-10H2,1-5H3,(H2,16,19)(H,17,20). The molecule has 1 fully saturated rings. The predicted molar refractivity (Wildman–Crippen MR) is 80.2 cm³/mol. The fourth-order valence-corrected chi connectivity index (χ4v) is 3.11. The van der Waals surface area contributed by atoms with Gasteiger partial charge in [-0.25, -0.2) is 4.79 Å². The van der Waals surface area contributed by atoms with Gasteiger partial charge in [0.15, 0.2) is 0 Å². The molecule has 116 valence electrons. The Hall–Kier alpha value is -1.26. The van der Waals surface area contributed by atoms with Gasteiger partial charge in [0.25, 0.3) is 0 Å². The van der Waals surface area contributed by atoms with Crippen molar-refractivity contribution >= 4 is 11.9 Å². The number of nitrogens with one attached hydrogen (secondary N) is 1. The molecular weight excluding hydrogens is 254 g/mol. The number of urea groups is 1. The highest BCUT2D eigenvalue weighted by molar-refractivity contribution is 5.78. The smallest absolute Gasteiger partial charge is 0.317 e. The molecular formula is C15H29N3O2. The molecule has 0 unspecified atom stereocenters. The monoisotopic (exact) mass is 283 g/mol. The molecule has 0 aromatic carbocycles. The molecule has 20 heavy (non-hydrogen) atoms. The minimum atomic E-state index is -0.252. The summed E-state index contributed by atoms with van der Waals surface area (Å²) in [6.45, 7) is 11.8. The average Bonchev–Trinajstić information content (AvgIpc) is 2.24. The van der Waals surface area contributed by atoms with Crippen LogP contribution in [0, 0.1) is 11.3 Å². The number of primary amides is 1. The first-order chi connectivity index (χ1) is 9.00. The molecule has 1 heterocycles. The molecule has 1 aliphatic heterocycles. The number of hydrogen-bond acceptors (Lipinski definition) is 2. The lowest BCUT2D eigenvalue weighted by Gasteiger charge is -2.37. The molecule has 1 rings (SSSR count). The molecule has 3 amide bonds. The van der Waals surface area contributed by atoms with Gasteiger partial charge < -0.3 is 16.0 Å². The van der Waals surface area contributed by atoms with Gasteiger partial charge in [-0.15, -0.1) is 0 Å². The molecule has 5 heteroatoms. The van der Waals surface area contributed by atoms with Crippen LogP contribution >= 0.6 is 0 Å². The number of likely N-dealkylation sites (tertiary alicyclic amines) is 1. The molecule has 1 aliphatic rings. The zero-order valence-electron chi connectivity index (χ0n) is 13.5. The molecule has 0 atom stereocenters. The number of nitrogens with zero attached hydrogens (tertiary/aromatic N) is 1. The van der Waals surface area contributed by atoms with E-state index >= 15 is 0 Å². The molecule has 0 aliphatic carbocycles. The quantitative estimate of drug-likeness (QED) is 0.832. The van der Waals surface area contributed by atoms with Crippen LogP contribution in [0.4, 0.5) is 4.79 Å². The number of nitrogens with two attached hydrogens (primary N) is 1. The van der Waals surface area contributed by atoms with Crippen LogP contribution in [0.25, 0.3) is 0 Å². The van der Waals surface area contributed by atoms with Crippen molar-refractivity contribution in [3.8, 4) is 0 Å². The molecule has 0 aromatic rings. The summed E-state index contributed by atoms with van der Waals surface area (Å²) in [5, 5.41) is 3.10. The van der Waals surface area contributed by atoms with Crippen LogP contribution in [0.5, 0.6) is 0 Å². The van der Waals surface area contributed by atoms with Crippen molar-refractivity contribution in [2.45, 2.75) is 59.4 Å². The highest BCUT2D eigenvalue weighted by atomic mass is 16.2. The van der Waals surface area contributed by atoms with Crippen LogP contribution in [0.2, 0.25) is 0 Å². The van der Waals surface area contributed by atoms with E-state index in [9.17, 15) is 9.59 Å². The number of hydrogen-bond donors (Lipinski definition) is 2. The highest BCUT2D eigenvalue weighted by Gasteiger charge is 2.31. The van der Waals surface area contributed by atoms with Gasteiger partial charge in [-0.2, -0.15) is 0 Å². The number of carbonyl (C=O) groups is 2. The number of carbonyl (C=O) groups excluding carboxylic acids is 2. The Labute approximate surface area is 122 Å². The SMILES string of the molecule is CC(C)(C)CC(C)(C)NC(=O)N1CCC(C(N)=O)CC1. The third-order valence-electron chi connectivity index (χ3n) is 3.60. The summed E-state index contributed by atoms with van der Waals surface area (Å²) in [4.78, 5) is 25.2. The van der Waals surface area contributed by atoms with Crippen LogP contribution in [0.1, 0.15) is 53.9 Å². The molecule has 1 saturated heterocycles. The topological polar surface area (TPSA) is 75.4 Å². The molecule has 3 N–H and O–H groups in total. The zero-order chi connectivity index (χ0) is 15.6. The Kier molecular flexibility index (Phi) is 5.05. The largest absolute Gasteiger partial charge is 0.369 e. The van der Waals surface area contributed by atoms with Gasteiger partial charge in [0, 0.05) is 24.5 Å². The number of amides is 3. The van der Waals surface area contributed by atoms with Gasteiger partial charge in [-0.1, -0.05) is 20.8 Å². The molecule has 0 spiro atoms. The molecule has 0 radical (unpaired) electrons. The lowest BCUT2D eigenvalue weighted by atomic mass is 9.82. The van der Waals surface area contributed by atoms with E-state index < -0.39 is 0 Å². The van der Waals surface area contributed by atoms with Gasteiger partial charge in [0.1, 0.15) is 0 Å². The van der Waals surface area contributed by atoms with Crippen molar-refractivity contribution in [2.75, 3.05) is 13.1 Å². The second-order valence-corrected chi connectivity index (χ2v) is 7.72. The van der Waals surface area contributed by atoms with Gasteiger partial charge in [-0.3, -0.25) is 4.79 Å². The Bertz CT molecular complexity index is 364. The molecule has 5 nitrogen and oxygen atoms in total. The fraction of sp³-hybridized carbons (Fsp3) is 0.867. The minimum absolute atomic E-state index is 0.0397. The van der Waals surface area contributed by atoms with Crippen LogP contribution in [-0.4, -0.2) is 35.5 Å². The summed E-state index contributed by atoms with van der Waals surface area (Å²) < 4.78 is 0. The van der Waals surface area contributed by atoms with E-state index in [2.05, 4.69) is 26.1 Å². The first-order valence-corrected chi connectivity index (χ1v) is 7.37. The molecule has 0 saturated carbocycles. The summed E-state index contributed by atoms with van der Waals surface area (Å²) >= 11 is 0. The maximum atomic E-state index is 12.3. The van der Waals surface area contributed by atoms with E-state index in [1.54, 1.807) is 4.90 Å². The van der Waals surface area contributed by atoms with Gasteiger partial charge >= 0.3 is 6.03 Å². The second-order valence-electron chi connectivity index (χ2n) is 7.72. The first-order valence-electron chi connectivity index (χ1n) is 7.37. The summed E-state index contributed by atoms with van der Waals surface area (Å²) in [6.07, 6.45) is 2.24. The highest BCUT2D eigenvalue weighted by Crippen LogP contribution is 2.27.